The summed E-state index contributed by atoms with van der Waals surface area (Å²) in [4.78, 5) is 0. The number of hydrogen-bond acceptors (Lipinski definition) is 0. The molecule has 0 N–H and O–H groups in total. The van der Waals surface area contributed by atoms with Gasteiger partial charge in [0.25, 0.3) is 0 Å². The molecule has 60 valence electrons. The monoisotopic (exact) mass is 148 g/mol. The third kappa shape index (κ3) is 6.89. The van der Waals surface area contributed by atoms with Crippen LogP contribution in [0.4, 0.5) is 0 Å². The molecule has 0 spiro atoms. The van der Waals surface area contributed by atoms with Crippen LogP contribution in [0.5, 0.6) is 0 Å². The van der Waals surface area contributed by atoms with Crippen molar-refractivity contribution in [1.29, 1.82) is 0 Å². The lowest BCUT2D eigenvalue weighted by molar-refractivity contribution is 1.36. The third-order valence-corrected chi connectivity index (χ3v) is 1.37. The first kappa shape index (κ1) is 10.0. The zero-order chi connectivity index (χ0) is 8.53. The fourth-order valence-electron chi connectivity index (χ4n) is 0.604. The van der Waals surface area contributed by atoms with Crippen molar-refractivity contribution < 1.29 is 0 Å². The molecule has 0 aromatic rings. The molecular weight excluding hydrogens is 132 g/mol. The van der Waals surface area contributed by atoms with E-state index in [0.717, 1.165) is 6.42 Å². The Morgan fingerprint density at radius 2 is 2.09 bits per heavy atom. The molecule has 0 aliphatic carbocycles. The molecule has 0 atom stereocenters. The Labute approximate surface area is 69.6 Å². The Kier molecular flexibility index (Phi) is 6.46. The van der Waals surface area contributed by atoms with Crippen LogP contribution < -0.4 is 0 Å². The van der Waals surface area contributed by atoms with Crippen molar-refractivity contribution in [2.75, 3.05) is 0 Å². The molecule has 0 heterocycles. The van der Waals surface area contributed by atoms with E-state index in [2.05, 4.69) is 30.9 Å². The van der Waals surface area contributed by atoms with Crippen LogP contribution in [0, 0.1) is 0 Å². The van der Waals surface area contributed by atoms with E-state index in [-0.39, 0.29) is 0 Å². The zero-order valence-electron chi connectivity index (χ0n) is 7.59. The van der Waals surface area contributed by atoms with Gasteiger partial charge >= 0.3 is 0 Å². The molecule has 0 unspecified atom stereocenters. The van der Waals surface area contributed by atoms with Crippen LogP contribution in [0.25, 0.3) is 0 Å². The predicted molar refractivity (Wildman–Crippen MR) is 51.5 cm³/mol. The van der Waals surface area contributed by atoms with Crippen molar-refractivity contribution in [1.82, 2.24) is 0 Å². The molecule has 0 aliphatic heterocycles. The smallest absolute Gasteiger partial charge is 0.00898 e. The van der Waals surface area contributed by atoms with Crippen LogP contribution in [0.1, 0.15) is 27.2 Å². The van der Waals surface area contributed by atoms with E-state index in [1.807, 2.05) is 26.0 Å². The van der Waals surface area contributed by atoms with Gasteiger partial charge in [0.05, 0.1) is 0 Å². The van der Waals surface area contributed by atoms with E-state index in [1.165, 1.54) is 5.57 Å². The fourth-order valence-corrected chi connectivity index (χ4v) is 0.604. The molecule has 0 fully saturated rings. The van der Waals surface area contributed by atoms with Gasteiger partial charge in [-0.05, 0) is 39.3 Å². The van der Waals surface area contributed by atoms with Gasteiger partial charge in [-0.15, -0.1) is 5.73 Å². The molecule has 0 radical (unpaired) electrons. The summed E-state index contributed by atoms with van der Waals surface area (Å²) < 4.78 is 0. The molecule has 0 aromatic heterocycles. The quantitative estimate of drug-likeness (QED) is 0.423. The van der Waals surface area contributed by atoms with E-state index in [9.17, 15) is 0 Å². The Bertz CT molecular complexity index is 198. The first-order valence-corrected chi connectivity index (χ1v) is 3.96. The highest BCUT2D eigenvalue weighted by Gasteiger charge is 1.74. The predicted octanol–water partition coefficient (Wildman–Crippen LogP) is 3.63. The number of hydrogen-bond donors (Lipinski definition) is 0. The highest BCUT2D eigenvalue weighted by molar-refractivity contribution is 5.15. The van der Waals surface area contributed by atoms with E-state index in [0.29, 0.717) is 0 Å². The summed E-state index contributed by atoms with van der Waals surface area (Å²) in [5.41, 5.74) is 4.32. The summed E-state index contributed by atoms with van der Waals surface area (Å²) in [6, 6.07) is 0. The minimum atomic E-state index is 0.968. The lowest BCUT2D eigenvalue weighted by Crippen LogP contribution is -1.64. The molecule has 0 rings (SSSR count). The Balaban J connectivity index is 3.70. The maximum Gasteiger partial charge on any atom is -0.00898 e. The van der Waals surface area contributed by atoms with E-state index in [4.69, 9.17) is 0 Å². The summed E-state index contributed by atoms with van der Waals surface area (Å²) >= 11 is 0. The first-order valence-electron chi connectivity index (χ1n) is 3.96. The largest absolute Gasteiger partial charge is 0.130 e. The molecular formula is C11H16. The van der Waals surface area contributed by atoms with Crippen molar-refractivity contribution >= 4 is 0 Å². The molecule has 0 saturated heterocycles. The molecule has 0 nitrogen and oxygen atoms in total. The minimum Gasteiger partial charge on any atom is -0.130 e. The van der Waals surface area contributed by atoms with Crippen molar-refractivity contribution in [3.8, 4) is 0 Å². The maximum absolute atomic E-state index is 3.02. The normalized spacial score (nSPS) is 11.4. The third-order valence-electron chi connectivity index (χ3n) is 1.37. The molecule has 0 bridgehead atoms. The van der Waals surface area contributed by atoms with Gasteiger partial charge in [0.1, 0.15) is 0 Å². The standard InChI is InChI=1S/C11H16/c1-4-6-7-8-9-10-11(3)5-2/h4-5,7,9-10H,8H2,1-3H3. The van der Waals surface area contributed by atoms with Gasteiger partial charge in [-0.2, -0.15) is 0 Å². The van der Waals surface area contributed by atoms with E-state index >= 15 is 0 Å². The van der Waals surface area contributed by atoms with Gasteiger partial charge in [-0.25, -0.2) is 0 Å². The van der Waals surface area contributed by atoms with Crippen LogP contribution >= 0.6 is 0 Å². The zero-order valence-corrected chi connectivity index (χ0v) is 7.59. The van der Waals surface area contributed by atoms with Crippen LogP contribution in [0.2, 0.25) is 0 Å². The average Bonchev–Trinajstić information content (AvgIpc) is 2.04. The van der Waals surface area contributed by atoms with Gasteiger partial charge in [-0.3, -0.25) is 0 Å². The summed E-state index contributed by atoms with van der Waals surface area (Å²) in [6.07, 6.45) is 11.2. The highest BCUT2D eigenvalue weighted by atomic mass is 13.8. The van der Waals surface area contributed by atoms with Gasteiger partial charge in [0.2, 0.25) is 0 Å². The molecule has 0 amide bonds. The van der Waals surface area contributed by atoms with Gasteiger partial charge in [0, 0.05) is 0 Å². The van der Waals surface area contributed by atoms with Crippen LogP contribution in [-0.4, -0.2) is 0 Å². The first-order chi connectivity index (χ1) is 5.31. The van der Waals surface area contributed by atoms with Crippen molar-refractivity contribution in [3.63, 3.8) is 0 Å². The Morgan fingerprint density at radius 1 is 1.36 bits per heavy atom. The van der Waals surface area contributed by atoms with E-state index in [1.54, 1.807) is 0 Å². The van der Waals surface area contributed by atoms with Gasteiger partial charge < -0.3 is 0 Å². The van der Waals surface area contributed by atoms with Crippen molar-refractivity contribution in [2.45, 2.75) is 27.2 Å². The van der Waals surface area contributed by atoms with Gasteiger partial charge in [0.15, 0.2) is 0 Å². The topological polar surface area (TPSA) is 0 Å². The van der Waals surface area contributed by atoms with Crippen molar-refractivity contribution in [3.05, 3.63) is 41.7 Å². The molecule has 0 aromatic carbocycles. The van der Waals surface area contributed by atoms with Crippen LogP contribution in [-0.2, 0) is 0 Å². The Morgan fingerprint density at radius 3 is 2.64 bits per heavy atom. The second-order valence-electron chi connectivity index (χ2n) is 2.33. The van der Waals surface area contributed by atoms with Crippen molar-refractivity contribution in [2.24, 2.45) is 0 Å². The van der Waals surface area contributed by atoms with Crippen LogP contribution in [0.15, 0.2) is 41.7 Å². The lowest BCUT2D eigenvalue weighted by atomic mass is 10.2. The summed E-state index contributed by atoms with van der Waals surface area (Å²) in [7, 11) is 0. The minimum absolute atomic E-state index is 0.968. The maximum atomic E-state index is 3.02. The molecule has 0 saturated carbocycles. The summed E-state index contributed by atoms with van der Waals surface area (Å²) in [5.74, 6) is 0. The fraction of sp³-hybridized carbons (Fsp3) is 0.364. The lowest BCUT2D eigenvalue weighted by Gasteiger charge is -1.84. The number of allylic oxidation sites excluding steroid dienone is 5. The molecule has 0 aliphatic rings. The number of rotatable bonds is 3. The SMILES string of the molecule is CC=C=CCC=CC(C)=CC. The molecule has 0 heteroatoms. The Hall–Kier alpha value is -1.00. The summed E-state index contributed by atoms with van der Waals surface area (Å²) in [5, 5.41) is 0. The average molecular weight is 148 g/mol. The highest BCUT2D eigenvalue weighted by Crippen LogP contribution is 1.95. The second kappa shape index (κ2) is 7.11. The van der Waals surface area contributed by atoms with Crippen LogP contribution in [0.3, 0.4) is 0 Å². The van der Waals surface area contributed by atoms with Gasteiger partial charge in [-0.1, -0.05) is 23.8 Å². The second-order valence-corrected chi connectivity index (χ2v) is 2.33. The summed E-state index contributed by atoms with van der Waals surface area (Å²) in [6.45, 7) is 6.11. The van der Waals surface area contributed by atoms with E-state index < -0.39 is 0 Å². The molecule has 11 heavy (non-hydrogen) atoms.